The van der Waals surface area contributed by atoms with E-state index in [1.807, 2.05) is 0 Å². The van der Waals surface area contributed by atoms with E-state index in [9.17, 15) is 8.42 Å². The van der Waals surface area contributed by atoms with E-state index in [1.165, 1.54) is 0 Å². The molecule has 0 spiro atoms. The molecule has 0 aromatic heterocycles. The quantitative estimate of drug-likeness (QED) is 0.466. The molecule has 0 heterocycles. The van der Waals surface area contributed by atoms with Gasteiger partial charge in [-0.3, -0.25) is 4.72 Å². The fourth-order valence-corrected chi connectivity index (χ4v) is 4.02. The van der Waals surface area contributed by atoms with Crippen LogP contribution in [0.4, 0.5) is 5.69 Å². The van der Waals surface area contributed by atoms with Crippen LogP contribution in [0.15, 0.2) is 18.2 Å². The zero-order valence-electron chi connectivity index (χ0n) is 11.5. The van der Waals surface area contributed by atoms with Gasteiger partial charge in [0, 0.05) is 8.59 Å². The molecule has 0 saturated carbocycles. The lowest BCUT2D eigenvalue weighted by atomic mass is 10.3. The molecule has 20 heavy (non-hydrogen) atoms. The van der Waals surface area contributed by atoms with E-state index in [4.69, 9.17) is 11.6 Å². The van der Waals surface area contributed by atoms with Crippen molar-refractivity contribution in [1.82, 2.24) is 5.32 Å². The van der Waals surface area contributed by atoms with Crippen LogP contribution in [0.2, 0.25) is 5.02 Å². The average molecular weight is 431 g/mol. The first-order chi connectivity index (χ1) is 9.44. The number of benzene rings is 1. The number of rotatable bonds is 9. The van der Waals surface area contributed by atoms with Gasteiger partial charge in [0.15, 0.2) is 0 Å². The molecule has 4 nitrogen and oxygen atoms in total. The number of nitrogens with one attached hydrogen (secondary N) is 2. The molecule has 2 N–H and O–H groups in total. The number of unbranched alkanes of at least 4 members (excludes halogenated alkanes) is 1. The number of sulfonamides is 1. The Balaban J connectivity index is 2.41. The summed E-state index contributed by atoms with van der Waals surface area (Å²) in [4.78, 5) is 0. The van der Waals surface area contributed by atoms with Crippen molar-refractivity contribution in [2.75, 3.05) is 23.6 Å². The largest absolute Gasteiger partial charge is 0.317 e. The van der Waals surface area contributed by atoms with Gasteiger partial charge in [0.05, 0.1) is 11.4 Å². The summed E-state index contributed by atoms with van der Waals surface area (Å²) in [6.45, 7) is 3.95. The van der Waals surface area contributed by atoms with E-state index in [1.54, 1.807) is 18.2 Å². The maximum Gasteiger partial charge on any atom is 0.232 e. The molecule has 0 saturated heterocycles. The zero-order valence-corrected chi connectivity index (χ0v) is 15.2. The van der Waals surface area contributed by atoms with Crippen LogP contribution in [0, 0.1) is 3.57 Å². The molecule has 0 unspecified atom stereocenters. The van der Waals surface area contributed by atoms with Crippen LogP contribution in [0.5, 0.6) is 0 Å². The SMILES string of the molecule is CCCNCCCCS(=O)(=O)Nc1ccc(Cl)cc1I. The Hall–Kier alpha value is -0.0500. The van der Waals surface area contributed by atoms with Crippen molar-refractivity contribution in [3.8, 4) is 0 Å². The van der Waals surface area contributed by atoms with Crippen LogP contribution < -0.4 is 10.0 Å². The Kier molecular flexibility index (Phi) is 8.16. The summed E-state index contributed by atoms with van der Waals surface area (Å²) in [7, 11) is -3.29. The first-order valence-electron chi connectivity index (χ1n) is 6.61. The van der Waals surface area contributed by atoms with Crippen LogP contribution in [-0.4, -0.2) is 27.3 Å². The lowest BCUT2D eigenvalue weighted by Gasteiger charge is -2.10. The van der Waals surface area contributed by atoms with Gasteiger partial charge >= 0.3 is 0 Å². The highest BCUT2D eigenvalue weighted by Gasteiger charge is 2.12. The minimum absolute atomic E-state index is 0.138. The molecule has 0 atom stereocenters. The fourth-order valence-electron chi connectivity index (χ4n) is 1.63. The molecular formula is C13H20ClIN2O2S. The van der Waals surface area contributed by atoms with Crippen molar-refractivity contribution in [2.24, 2.45) is 0 Å². The zero-order chi connectivity index (χ0) is 15.0. The second kappa shape index (κ2) is 9.07. The van der Waals surface area contributed by atoms with Crippen LogP contribution in [0.25, 0.3) is 0 Å². The Morgan fingerprint density at radius 1 is 1.25 bits per heavy atom. The molecule has 0 amide bonds. The van der Waals surface area contributed by atoms with Crippen molar-refractivity contribution in [3.05, 3.63) is 26.8 Å². The highest BCUT2D eigenvalue weighted by atomic mass is 127. The van der Waals surface area contributed by atoms with E-state index < -0.39 is 10.0 Å². The Morgan fingerprint density at radius 2 is 2.00 bits per heavy atom. The van der Waals surface area contributed by atoms with Crippen LogP contribution >= 0.6 is 34.2 Å². The molecule has 114 valence electrons. The standard InChI is InChI=1S/C13H20ClIN2O2S/c1-2-7-16-8-3-4-9-20(18,19)17-13-6-5-11(14)10-12(13)15/h5-6,10,16-17H,2-4,7-9H2,1H3. The van der Waals surface area contributed by atoms with E-state index in [0.717, 1.165) is 29.5 Å². The summed E-state index contributed by atoms with van der Waals surface area (Å²) < 4.78 is 27.3. The highest BCUT2D eigenvalue weighted by Crippen LogP contribution is 2.23. The molecule has 0 aliphatic heterocycles. The third-order valence-corrected chi connectivity index (χ3v) is 5.12. The van der Waals surface area contributed by atoms with Gasteiger partial charge in [0.25, 0.3) is 0 Å². The maximum absolute atomic E-state index is 12.0. The van der Waals surface area contributed by atoms with Crippen molar-refractivity contribution in [3.63, 3.8) is 0 Å². The second-order valence-electron chi connectivity index (χ2n) is 4.50. The molecule has 7 heteroatoms. The summed E-state index contributed by atoms with van der Waals surface area (Å²) in [5.41, 5.74) is 0.583. The van der Waals surface area contributed by atoms with Crippen LogP contribution in [0.3, 0.4) is 0 Å². The smallest absolute Gasteiger partial charge is 0.232 e. The van der Waals surface area contributed by atoms with Crippen LogP contribution in [0.1, 0.15) is 26.2 Å². The first-order valence-corrected chi connectivity index (χ1v) is 9.72. The topological polar surface area (TPSA) is 58.2 Å². The molecular weight excluding hydrogens is 411 g/mol. The van der Waals surface area contributed by atoms with Gasteiger partial charge in [-0.2, -0.15) is 0 Å². The monoisotopic (exact) mass is 430 g/mol. The van der Waals surface area contributed by atoms with Gasteiger partial charge in [-0.05, 0) is 73.1 Å². The van der Waals surface area contributed by atoms with Gasteiger partial charge in [-0.25, -0.2) is 8.42 Å². The third-order valence-electron chi connectivity index (χ3n) is 2.64. The molecule has 0 aliphatic carbocycles. The van der Waals surface area contributed by atoms with Crippen molar-refractivity contribution in [1.29, 1.82) is 0 Å². The summed E-state index contributed by atoms with van der Waals surface area (Å²) in [6, 6.07) is 5.09. The summed E-state index contributed by atoms with van der Waals surface area (Å²) in [5, 5.41) is 3.85. The second-order valence-corrected chi connectivity index (χ2v) is 7.94. The van der Waals surface area contributed by atoms with Crippen LogP contribution in [-0.2, 0) is 10.0 Å². The van der Waals surface area contributed by atoms with Crippen molar-refractivity contribution >= 4 is 49.9 Å². The highest BCUT2D eigenvalue weighted by molar-refractivity contribution is 14.1. The maximum atomic E-state index is 12.0. The average Bonchev–Trinajstić information content (AvgIpc) is 2.37. The predicted molar refractivity (Wildman–Crippen MR) is 94.0 cm³/mol. The van der Waals surface area contributed by atoms with E-state index in [0.29, 0.717) is 17.1 Å². The summed E-state index contributed by atoms with van der Waals surface area (Å²) in [5.74, 6) is 0.138. The molecule has 0 bridgehead atoms. The Labute approximate surface area is 139 Å². The lowest BCUT2D eigenvalue weighted by Crippen LogP contribution is -2.20. The molecule has 1 aromatic carbocycles. The van der Waals surface area contributed by atoms with Gasteiger partial charge < -0.3 is 5.32 Å². The number of halogens is 2. The minimum Gasteiger partial charge on any atom is -0.317 e. The lowest BCUT2D eigenvalue weighted by molar-refractivity contribution is 0.590. The van der Waals surface area contributed by atoms with E-state index >= 15 is 0 Å². The van der Waals surface area contributed by atoms with E-state index in [-0.39, 0.29) is 5.75 Å². The third kappa shape index (κ3) is 7.10. The molecule has 0 aliphatic rings. The van der Waals surface area contributed by atoms with Gasteiger partial charge in [-0.15, -0.1) is 0 Å². The fraction of sp³-hybridized carbons (Fsp3) is 0.538. The summed E-state index contributed by atoms with van der Waals surface area (Å²) >= 11 is 7.91. The van der Waals surface area contributed by atoms with E-state index in [2.05, 4.69) is 39.6 Å². The number of hydrogen-bond acceptors (Lipinski definition) is 3. The molecule has 1 rings (SSSR count). The molecule has 1 aromatic rings. The first kappa shape index (κ1) is 18.0. The molecule has 0 radical (unpaired) electrons. The minimum atomic E-state index is -3.29. The molecule has 0 fully saturated rings. The number of anilines is 1. The van der Waals surface area contributed by atoms with Gasteiger partial charge in [-0.1, -0.05) is 18.5 Å². The normalized spacial score (nSPS) is 11.6. The Bertz CT molecular complexity index is 523. The van der Waals surface area contributed by atoms with Crippen molar-refractivity contribution in [2.45, 2.75) is 26.2 Å². The van der Waals surface area contributed by atoms with Gasteiger partial charge in [0.2, 0.25) is 10.0 Å². The van der Waals surface area contributed by atoms with Crippen molar-refractivity contribution < 1.29 is 8.42 Å². The number of hydrogen-bond donors (Lipinski definition) is 2. The predicted octanol–water partition coefficient (Wildman–Crippen LogP) is 3.47. The summed E-state index contributed by atoms with van der Waals surface area (Å²) in [6.07, 6.45) is 2.60. The van der Waals surface area contributed by atoms with Gasteiger partial charge in [0.1, 0.15) is 0 Å². The Morgan fingerprint density at radius 3 is 2.65 bits per heavy atom.